The molecule has 6 heteroatoms. The molecular formula is C11H19N5O. The Morgan fingerprint density at radius 3 is 3.24 bits per heavy atom. The topological polar surface area (TPSA) is 68.7 Å². The van der Waals surface area contributed by atoms with Gasteiger partial charge in [-0.05, 0) is 6.92 Å². The first-order valence-corrected chi connectivity index (χ1v) is 5.88. The predicted molar refractivity (Wildman–Crippen MR) is 65.7 cm³/mol. The van der Waals surface area contributed by atoms with E-state index < -0.39 is 0 Å². The van der Waals surface area contributed by atoms with E-state index in [4.69, 9.17) is 10.5 Å². The van der Waals surface area contributed by atoms with Crippen LogP contribution in [0.4, 0.5) is 0 Å². The van der Waals surface area contributed by atoms with E-state index in [2.05, 4.69) is 14.9 Å². The molecule has 2 heterocycles. The quantitative estimate of drug-likeness (QED) is 0.589. The molecule has 2 rings (SSSR count). The molecule has 1 fully saturated rings. The van der Waals surface area contributed by atoms with Gasteiger partial charge in [0.15, 0.2) is 5.96 Å². The number of aliphatic imine (C=N–C) groups is 1. The first-order valence-electron chi connectivity index (χ1n) is 5.88. The van der Waals surface area contributed by atoms with Crippen molar-refractivity contribution in [1.29, 1.82) is 0 Å². The molecule has 1 aliphatic heterocycles. The fraction of sp³-hybridized carbons (Fsp3) is 0.636. The van der Waals surface area contributed by atoms with Gasteiger partial charge in [-0.15, -0.1) is 0 Å². The maximum absolute atomic E-state index is 5.95. The van der Waals surface area contributed by atoms with Crippen LogP contribution < -0.4 is 5.73 Å². The Morgan fingerprint density at radius 2 is 2.53 bits per heavy atom. The number of nitrogens with zero attached hydrogens (tertiary/aromatic N) is 4. The van der Waals surface area contributed by atoms with Crippen molar-refractivity contribution in [1.82, 2.24) is 14.5 Å². The first kappa shape index (κ1) is 11.9. The van der Waals surface area contributed by atoms with E-state index in [1.165, 1.54) is 0 Å². The molecule has 1 saturated heterocycles. The summed E-state index contributed by atoms with van der Waals surface area (Å²) in [7, 11) is 0. The third kappa shape index (κ3) is 3.45. The van der Waals surface area contributed by atoms with E-state index in [1.807, 2.05) is 17.7 Å². The van der Waals surface area contributed by atoms with Gasteiger partial charge in [0.05, 0.1) is 25.6 Å². The molecule has 1 atom stereocenters. The van der Waals surface area contributed by atoms with Gasteiger partial charge in [-0.1, -0.05) is 0 Å². The van der Waals surface area contributed by atoms with E-state index in [-0.39, 0.29) is 6.10 Å². The van der Waals surface area contributed by atoms with Gasteiger partial charge in [0.25, 0.3) is 0 Å². The monoisotopic (exact) mass is 237 g/mol. The Hall–Kier alpha value is -1.56. The van der Waals surface area contributed by atoms with E-state index >= 15 is 0 Å². The Bertz CT molecular complexity index is 362. The van der Waals surface area contributed by atoms with Gasteiger partial charge >= 0.3 is 0 Å². The molecule has 0 amide bonds. The highest BCUT2D eigenvalue weighted by Crippen LogP contribution is 2.03. The average Bonchev–Trinajstić information content (AvgIpc) is 2.82. The van der Waals surface area contributed by atoms with Crippen molar-refractivity contribution in [3.05, 3.63) is 18.7 Å². The van der Waals surface area contributed by atoms with Crippen LogP contribution in [0, 0.1) is 0 Å². The number of morpholine rings is 1. The van der Waals surface area contributed by atoms with Crippen LogP contribution in [0.2, 0.25) is 0 Å². The van der Waals surface area contributed by atoms with Crippen LogP contribution in [-0.2, 0) is 11.3 Å². The standard InChI is InChI=1S/C11H19N5O/c1-10-8-16(6-7-17-10)11(12)14-3-5-15-4-2-13-9-15/h2,4,9-10H,3,5-8H2,1H3,(H2,12,14). The molecule has 6 nitrogen and oxygen atoms in total. The Kier molecular flexibility index (Phi) is 3.98. The first-order chi connectivity index (χ1) is 8.25. The van der Waals surface area contributed by atoms with Crippen LogP contribution in [0.3, 0.4) is 0 Å². The lowest BCUT2D eigenvalue weighted by atomic mass is 10.3. The summed E-state index contributed by atoms with van der Waals surface area (Å²) < 4.78 is 7.44. The van der Waals surface area contributed by atoms with Crippen molar-refractivity contribution in [3.8, 4) is 0 Å². The van der Waals surface area contributed by atoms with Crippen LogP contribution in [0.25, 0.3) is 0 Å². The minimum absolute atomic E-state index is 0.228. The molecule has 0 spiro atoms. The summed E-state index contributed by atoms with van der Waals surface area (Å²) in [6, 6.07) is 0. The average molecular weight is 237 g/mol. The van der Waals surface area contributed by atoms with Gasteiger partial charge in [-0.3, -0.25) is 4.99 Å². The number of ether oxygens (including phenoxy) is 1. The van der Waals surface area contributed by atoms with Gasteiger partial charge in [-0.25, -0.2) is 4.98 Å². The molecule has 1 aromatic heterocycles. The van der Waals surface area contributed by atoms with Gasteiger partial charge in [-0.2, -0.15) is 0 Å². The summed E-state index contributed by atoms with van der Waals surface area (Å²) in [6.07, 6.45) is 5.69. The molecule has 0 bridgehead atoms. The number of hydrogen-bond donors (Lipinski definition) is 1. The lowest BCUT2D eigenvalue weighted by molar-refractivity contribution is 0.00529. The Morgan fingerprint density at radius 1 is 1.65 bits per heavy atom. The summed E-state index contributed by atoms with van der Waals surface area (Å²) in [5.74, 6) is 0.611. The smallest absolute Gasteiger partial charge is 0.191 e. The summed E-state index contributed by atoms with van der Waals surface area (Å²) >= 11 is 0. The molecule has 1 aliphatic rings. The summed E-state index contributed by atoms with van der Waals surface area (Å²) in [5, 5.41) is 0. The second-order valence-electron chi connectivity index (χ2n) is 4.17. The fourth-order valence-corrected chi connectivity index (χ4v) is 1.83. The van der Waals surface area contributed by atoms with Crippen LogP contribution in [-0.4, -0.2) is 52.8 Å². The van der Waals surface area contributed by atoms with E-state index in [1.54, 1.807) is 12.5 Å². The zero-order chi connectivity index (χ0) is 12.1. The highest BCUT2D eigenvalue weighted by atomic mass is 16.5. The largest absolute Gasteiger partial charge is 0.375 e. The summed E-state index contributed by atoms with van der Waals surface area (Å²) in [4.78, 5) is 10.4. The van der Waals surface area contributed by atoms with Crippen molar-refractivity contribution >= 4 is 5.96 Å². The van der Waals surface area contributed by atoms with E-state index in [0.29, 0.717) is 12.5 Å². The predicted octanol–water partition coefficient (Wildman–Crippen LogP) is -0.0815. The zero-order valence-corrected chi connectivity index (χ0v) is 10.1. The normalized spacial score (nSPS) is 21.8. The van der Waals surface area contributed by atoms with Crippen molar-refractivity contribution < 1.29 is 4.74 Å². The van der Waals surface area contributed by atoms with Crippen molar-refractivity contribution in [2.45, 2.75) is 19.6 Å². The number of rotatable bonds is 3. The molecule has 0 saturated carbocycles. The molecule has 1 unspecified atom stereocenters. The van der Waals surface area contributed by atoms with E-state index in [9.17, 15) is 0 Å². The van der Waals surface area contributed by atoms with Gasteiger partial charge in [0.2, 0.25) is 0 Å². The van der Waals surface area contributed by atoms with Crippen molar-refractivity contribution in [2.24, 2.45) is 10.7 Å². The molecule has 0 aliphatic carbocycles. The van der Waals surface area contributed by atoms with Crippen LogP contribution in [0.1, 0.15) is 6.92 Å². The molecule has 17 heavy (non-hydrogen) atoms. The van der Waals surface area contributed by atoms with Crippen molar-refractivity contribution in [3.63, 3.8) is 0 Å². The summed E-state index contributed by atoms with van der Waals surface area (Å²) in [5.41, 5.74) is 5.95. The number of imidazole rings is 1. The minimum Gasteiger partial charge on any atom is -0.375 e. The Balaban J connectivity index is 1.80. The third-order valence-electron chi connectivity index (χ3n) is 2.76. The van der Waals surface area contributed by atoms with Crippen molar-refractivity contribution in [2.75, 3.05) is 26.2 Å². The van der Waals surface area contributed by atoms with Gasteiger partial charge in [0, 0.05) is 32.0 Å². The van der Waals surface area contributed by atoms with E-state index in [0.717, 1.165) is 26.2 Å². The fourth-order valence-electron chi connectivity index (χ4n) is 1.83. The van der Waals surface area contributed by atoms with Crippen LogP contribution in [0.15, 0.2) is 23.7 Å². The minimum atomic E-state index is 0.228. The lowest BCUT2D eigenvalue weighted by Crippen LogP contribution is -2.48. The number of hydrogen-bond acceptors (Lipinski definition) is 3. The zero-order valence-electron chi connectivity index (χ0n) is 10.1. The maximum atomic E-state index is 5.95. The van der Waals surface area contributed by atoms with Gasteiger partial charge in [0.1, 0.15) is 0 Å². The molecular weight excluding hydrogens is 218 g/mol. The summed E-state index contributed by atoms with van der Waals surface area (Å²) in [6.45, 7) is 5.89. The second-order valence-corrected chi connectivity index (χ2v) is 4.17. The lowest BCUT2D eigenvalue weighted by Gasteiger charge is -2.31. The van der Waals surface area contributed by atoms with Crippen LogP contribution in [0.5, 0.6) is 0 Å². The molecule has 0 aromatic carbocycles. The maximum Gasteiger partial charge on any atom is 0.191 e. The molecule has 1 aromatic rings. The number of aromatic nitrogens is 2. The molecule has 94 valence electrons. The highest BCUT2D eigenvalue weighted by molar-refractivity contribution is 5.78. The molecule has 0 radical (unpaired) electrons. The number of guanidine groups is 1. The SMILES string of the molecule is CC1CN(C(N)=NCCn2ccnc2)CCO1. The second kappa shape index (κ2) is 5.67. The number of nitrogens with two attached hydrogens (primary N) is 1. The molecule has 2 N–H and O–H groups in total. The Labute approximate surface area is 101 Å². The highest BCUT2D eigenvalue weighted by Gasteiger charge is 2.17. The third-order valence-corrected chi connectivity index (χ3v) is 2.76. The van der Waals surface area contributed by atoms with Crippen LogP contribution >= 0.6 is 0 Å². The van der Waals surface area contributed by atoms with Gasteiger partial charge < -0.3 is 19.9 Å².